The van der Waals surface area contributed by atoms with Crippen LogP contribution < -0.4 is 5.49 Å². The van der Waals surface area contributed by atoms with E-state index in [-0.39, 0.29) is 22.6 Å². The molecule has 7 nitrogen and oxygen atoms in total. The zero-order valence-electron chi connectivity index (χ0n) is 14.2. The molecule has 0 bridgehead atoms. The maximum Gasteiger partial charge on any atom is 0.175 e. The molecule has 0 radical (unpaired) electrons. The molecule has 1 aliphatic rings. The van der Waals surface area contributed by atoms with Crippen molar-refractivity contribution in [2.45, 2.75) is 37.4 Å². The van der Waals surface area contributed by atoms with Gasteiger partial charge in [0.25, 0.3) is 0 Å². The molecule has 0 spiro atoms. The smallest absolute Gasteiger partial charge is 0.175 e. The third-order valence-corrected chi connectivity index (χ3v) is 5.23. The topological polar surface area (TPSA) is 109 Å². The summed E-state index contributed by atoms with van der Waals surface area (Å²) >= 11 is 0. The van der Waals surface area contributed by atoms with Crippen LogP contribution in [0.3, 0.4) is 0 Å². The predicted molar refractivity (Wildman–Crippen MR) is 89.8 cm³/mol. The molecule has 0 saturated carbocycles. The van der Waals surface area contributed by atoms with E-state index in [0.717, 1.165) is 11.8 Å². The van der Waals surface area contributed by atoms with Gasteiger partial charge in [-0.3, -0.25) is 5.41 Å². The highest BCUT2D eigenvalue weighted by Gasteiger charge is 2.30. The summed E-state index contributed by atoms with van der Waals surface area (Å²) in [5.41, 5.74) is 1.48. The average Bonchev–Trinajstić information content (AvgIpc) is 2.53. The van der Waals surface area contributed by atoms with Gasteiger partial charge in [0, 0.05) is 18.2 Å². The first kappa shape index (κ1) is 17.3. The van der Waals surface area contributed by atoms with Crippen LogP contribution in [0.1, 0.15) is 30.7 Å². The Hall–Kier alpha value is -2.50. The van der Waals surface area contributed by atoms with Gasteiger partial charge in [0.1, 0.15) is 11.6 Å². The number of benzene rings is 1. The second-order valence-corrected chi connectivity index (χ2v) is 8.68. The lowest BCUT2D eigenvalue weighted by Crippen LogP contribution is -2.37. The number of hydrogen-bond acceptors (Lipinski definition) is 6. The number of sulfone groups is 1. The molecule has 0 aliphatic carbocycles. The lowest BCUT2D eigenvalue weighted by atomic mass is 9.92. The standard InChI is InChI=1S/C17H18N4O3S/c1-17(2)8-13-14(9-18)16(19)21(20-15(13)10-24-17)11-5-4-6-12(7-11)25(3,22)23/h4-7,19H,8,10H2,1-3H3. The zero-order chi connectivity index (χ0) is 18.4. The zero-order valence-corrected chi connectivity index (χ0v) is 15.0. The summed E-state index contributed by atoms with van der Waals surface area (Å²) in [6.07, 6.45) is 1.61. The number of fused-ring (bicyclic) bond motifs is 1. The molecule has 3 rings (SSSR count). The summed E-state index contributed by atoms with van der Waals surface area (Å²) in [6.45, 7) is 4.09. The van der Waals surface area contributed by atoms with Gasteiger partial charge in [0.2, 0.25) is 0 Å². The van der Waals surface area contributed by atoms with Gasteiger partial charge >= 0.3 is 0 Å². The van der Waals surface area contributed by atoms with Gasteiger partial charge in [0.15, 0.2) is 15.3 Å². The van der Waals surface area contributed by atoms with E-state index < -0.39 is 15.4 Å². The van der Waals surface area contributed by atoms with Crippen LogP contribution in [0.15, 0.2) is 29.2 Å². The Morgan fingerprint density at radius 1 is 1.40 bits per heavy atom. The Balaban J connectivity index is 2.24. The summed E-state index contributed by atoms with van der Waals surface area (Å²) in [5.74, 6) is 0. The molecule has 1 N–H and O–H groups in total. The molecule has 0 atom stereocenters. The monoisotopic (exact) mass is 358 g/mol. The van der Waals surface area contributed by atoms with Crippen molar-refractivity contribution >= 4 is 9.84 Å². The Labute approximate surface area is 145 Å². The second kappa shape index (κ2) is 5.79. The minimum Gasteiger partial charge on any atom is -0.369 e. The number of rotatable bonds is 2. The van der Waals surface area contributed by atoms with E-state index in [1.54, 1.807) is 12.1 Å². The summed E-state index contributed by atoms with van der Waals surface area (Å²) in [4.78, 5) is 0.132. The molecule has 2 heterocycles. The van der Waals surface area contributed by atoms with Gasteiger partial charge in [-0.1, -0.05) is 6.07 Å². The molecule has 1 aliphatic heterocycles. The maximum absolute atomic E-state index is 11.8. The minimum absolute atomic E-state index is 0.0652. The van der Waals surface area contributed by atoms with Gasteiger partial charge in [-0.25, -0.2) is 13.1 Å². The summed E-state index contributed by atoms with van der Waals surface area (Å²) < 4.78 is 30.6. The third-order valence-electron chi connectivity index (χ3n) is 4.12. The molecule has 8 heteroatoms. The number of hydrogen-bond donors (Lipinski definition) is 1. The highest BCUT2D eigenvalue weighted by molar-refractivity contribution is 7.90. The fourth-order valence-corrected chi connectivity index (χ4v) is 3.48. The Kier molecular flexibility index (Phi) is 4.01. The minimum atomic E-state index is -3.39. The Morgan fingerprint density at radius 2 is 2.12 bits per heavy atom. The molecular weight excluding hydrogens is 340 g/mol. The summed E-state index contributed by atoms with van der Waals surface area (Å²) in [7, 11) is -3.39. The van der Waals surface area contributed by atoms with Crippen LogP contribution in [0.25, 0.3) is 5.69 Å². The normalized spacial score (nSPS) is 16.1. The molecule has 0 saturated heterocycles. The molecule has 1 aromatic carbocycles. The second-order valence-electron chi connectivity index (χ2n) is 6.67. The Bertz CT molecular complexity index is 1060. The SMILES string of the molecule is CC1(C)Cc2c(nn(-c3cccc(S(C)(=O)=O)c3)c(=N)c2C#N)CO1. The molecule has 0 fully saturated rings. The average molecular weight is 358 g/mol. The van der Waals surface area contributed by atoms with Crippen molar-refractivity contribution in [1.29, 1.82) is 10.7 Å². The number of aromatic nitrogens is 2. The fraction of sp³-hybridized carbons (Fsp3) is 0.353. The van der Waals surface area contributed by atoms with Crippen molar-refractivity contribution in [3.05, 3.63) is 46.6 Å². The van der Waals surface area contributed by atoms with E-state index in [4.69, 9.17) is 10.1 Å². The first-order valence-electron chi connectivity index (χ1n) is 7.66. The highest BCUT2D eigenvalue weighted by atomic mass is 32.2. The summed E-state index contributed by atoms with van der Waals surface area (Å²) in [6, 6.07) is 8.27. The summed E-state index contributed by atoms with van der Waals surface area (Å²) in [5, 5.41) is 22.4. The largest absolute Gasteiger partial charge is 0.369 e. The van der Waals surface area contributed by atoms with E-state index >= 15 is 0 Å². The quantitative estimate of drug-likeness (QED) is 0.874. The maximum atomic E-state index is 11.8. The van der Waals surface area contributed by atoms with Gasteiger partial charge in [-0.05, 0) is 32.0 Å². The molecule has 25 heavy (non-hydrogen) atoms. The number of nitrogens with one attached hydrogen (secondary N) is 1. The van der Waals surface area contributed by atoms with Gasteiger partial charge in [-0.2, -0.15) is 10.4 Å². The van der Waals surface area contributed by atoms with Gasteiger partial charge in [0.05, 0.1) is 28.5 Å². The molecule has 1 aromatic heterocycles. The number of nitrogens with zero attached hydrogens (tertiary/aromatic N) is 3. The van der Waals surface area contributed by atoms with E-state index in [1.807, 2.05) is 13.8 Å². The van der Waals surface area contributed by atoms with Crippen LogP contribution in [0.2, 0.25) is 0 Å². The molecule has 0 amide bonds. The van der Waals surface area contributed by atoms with Crippen LogP contribution in [-0.4, -0.2) is 30.1 Å². The van der Waals surface area contributed by atoms with Crippen molar-refractivity contribution in [3.8, 4) is 11.8 Å². The van der Waals surface area contributed by atoms with Crippen molar-refractivity contribution in [1.82, 2.24) is 9.78 Å². The third kappa shape index (κ3) is 3.21. The number of nitriles is 1. The van der Waals surface area contributed by atoms with Crippen LogP contribution in [0, 0.1) is 16.7 Å². The highest BCUT2D eigenvalue weighted by Crippen LogP contribution is 2.27. The molecule has 130 valence electrons. The predicted octanol–water partition coefficient (Wildman–Crippen LogP) is 1.48. The molecule has 0 unspecified atom stereocenters. The van der Waals surface area contributed by atoms with Crippen molar-refractivity contribution in [3.63, 3.8) is 0 Å². The van der Waals surface area contributed by atoms with Crippen LogP contribution >= 0.6 is 0 Å². The molecular formula is C17H18N4O3S. The van der Waals surface area contributed by atoms with Crippen molar-refractivity contribution < 1.29 is 13.2 Å². The van der Waals surface area contributed by atoms with Crippen LogP contribution in [0.4, 0.5) is 0 Å². The van der Waals surface area contributed by atoms with Gasteiger partial charge in [-0.15, -0.1) is 0 Å². The Morgan fingerprint density at radius 3 is 2.76 bits per heavy atom. The van der Waals surface area contributed by atoms with E-state index in [0.29, 0.717) is 17.8 Å². The van der Waals surface area contributed by atoms with Crippen molar-refractivity contribution in [2.75, 3.05) is 6.26 Å². The van der Waals surface area contributed by atoms with E-state index in [9.17, 15) is 13.7 Å². The lowest BCUT2D eigenvalue weighted by molar-refractivity contribution is -0.0428. The number of ether oxygens (including phenoxy) is 1. The van der Waals surface area contributed by atoms with E-state index in [1.165, 1.54) is 16.8 Å². The first-order chi connectivity index (χ1) is 11.6. The van der Waals surface area contributed by atoms with Crippen LogP contribution in [-0.2, 0) is 27.6 Å². The lowest BCUT2D eigenvalue weighted by Gasteiger charge is -2.31. The first-order valence-corrected chi connectivity index (χ1v) is 9.56. The van der Waals surface area contributed by atoms with Crippen molar-refractivity contribution in [2.24, 2.45) is 0 Å². The fourth-order valence-electron chi connectivity index (χ4n) is 2.82. The molecule has 2 aromatic rings. The van der Waals surface area contributed by atoms with E-state index in [2.05, 4.69) is 11.2 Å². The van der Waals surface area contributed by atoms with Gasteiger partial charge < -0.3 is 4.74 Å². The van der Waals surface area contributed by atoms with Crippen LogP contribution in [0.5, 0.6) is 0 Å².